The van der Waals surface area contributed by atoms with Crippen molar-refractivity contribution in [3.63, 3.8) is 0 Å². The molecule has 188 valence electrons. The Labute approximate surface area is 213 Å². The van der Waals surface area contributed by atoms with Crippen molar-refractivity contribution in [1.82, 2.24) is 19.7 Å². The molecule has 3 saturated heterocycles. The molecular weight excluding hydrogens is 450 g/mol. The smallest absolute Gasteiger partial charge is 0.255 e. The van der Waals surface area contributed by atoms with E-state index in [4.69, 9.17) is 5.26 Å². The van der Waals surface area contributed by atoms with E-state index in [-0.39, 0.29) is 17.2 Å². The molecule has 0 N–H and O–H groups in total. The number of fused-ring (bicyclic) bond motifs is 1. The monoisotopic (exact) mass is 485 g/mol. The highest BCUT2D eigenvalue weighted by atomic mass is 16.2. The van der Waals surface area contributed by atoms with Crippen LogP contribution in [0.15, 0.2) is 36.4 Å². The first-order valence-corrected chi connectivity index (χ1v) is 13.0. The number of nitrogens with zero attached hydrogens (tertiary/aromatic N) is 5. The molecule has 5 rings (SSSR count). The Hall–Kier alpha value is -3.24. The van der Waals surface area contributed by atoms with Gasteiger partial charge in [0.2, 0.25) is 5.91 Å². The molecule has 0 spiro atoms. The van der Waals surface area contributed by atoms with Gasteiger partial charge in [-0.2, -0.15) is 5.26 Å². The van der Waals surface area contributed by atoms with E-state index in [1.807, 2.05) is 23.6 Å². The van der Waals surface area contributed by atoms with Gasteiger partial charge in [-0.1, -0.05) is 30.3 Å². The van der Waals surface area contributed by atoms with Crippen LogP contribution in [0.25, 0.3) is 0 Å². The summed E-state index contributed by atoms with van der Waals surface area (Å²) in [5, 5.41) is 9.16. The predicted molar refractivity (Wildman–Crippen MR) is 137 cm³/mol. The van der Waals surface area contributed by atoms with E-state index in [1.165, 1.54) is 5.56 Å². The van der Waals surface area contributed by atoms with Crippen molar-refractivity contribution in [2.24, 2.45) is 11.8 Å². The van der Waals surface area contributed by atoms with Crippen molar-refractivity contribution in [1.29, 1.82) is 5.26 Å². The summed E-state index contributed by atoms with van der Waals surface area (Å²) in [7, 11) is 0. The number of aromatic nitrogens is 1. The van der Waals surface area contributed by atoms with E-state index in [0.29, 0.717) is 28.8 Å². The number of benzene rings is 1. The lowest BCUT2D eigenvalue weighted by Crippen LogP contribution is -2.38. The molecule has 2 amide bonds. The molecule has 0 aliphatic carbocycles. The molecule has 3 aliphatic heterocycles. The van der Waals surface area contributed by atoms with Crippen molar-refractivity contribution in [2.45, 2.75) is 39.0 Å². The lowest BCUT2D eigenvalue weighted by Gasteiger charge is -2.32. The first-order valence-electron chi connectivity index (χ1n) is 13.0. The van der Waals surface area contributed by atoms with E-state index in [9.17, 15) is 9.59 Å². The van der Waals surface area contributed by atoms with Gasteiger partial charge in [-0.3, -0.25) is 9.59 Å². The SMILES string of the molecule is CC(=O)N1CCC(CCN2CC3CN(C(=O)c4c(C)cc(C#N)nc4C)CC3C2)(c2ccccc2)C1. The summed E-state index contributed by atoms with van der Waals surface area (Å²) >= 11 is 0. The van der Waals surface area contributed by atoms with Gasteiger partial charge in [0.25, 0.3) is 5.91 Å². The highest BCUT2D eigenvalue weighted by molar-refractivity contribution is 5.97. The number of likely N-dealkylation sites (tertiary alicyclic amines) is 3. The summed E-state index contributed by atoms with van der Waals surface area (Å²) in [5.41, 5.74) is 3.82. The van der Waals surface area contributed by atoms with E-state index < -0.39 is 0 Å². The Kier molecular flexibility index (Phi) is 6.57. The van der Waals surface area contributed by atoms with E-state index in [2.05, 4.69) is 46.3 Å². The Morgan fingerprint density at radius 1 is 1.08 bits per heavy atom. The minimum Gasteiger partial charge on any atom is -0.342 e. The van der Waals surface area contributed by atoms with Gasteiger partial charge in [0.15, 0.2) is 0 Å². The molecule has 2 aromatic rings. The van der Waals surface area contributed by atoms with Crippen LogP contribution in [0.5, 0.6) is 0 Å². The average molecular weight is 486 g/mol. The topological polar surface area (TPSA) is 80.5 Å². The van der Waals surface area contributed by atoms with E-state index in [0.717, 1.165) is 64.2 Å². The van der Waals surface area contributed by atoms with Crippen LogP contribution in [0.2, 0.25) is 0 Å². The molecule has 7 nitrogen and oxygen atoms in total. The van der Waals surface area contributed by atoms with Crippen LogP contribution < -0.4 is 0 Å². The summed E-state index contributed by atoms with van der Waals surface area (Å²) in [4.78, 5) is 36.3. The third-order valence-corrected chi connectivity index (χ3v) is 8.67. The summed E-state index contributed by atoms with van der Waals surface area (Å²) in [6.45, 7) is 11.6. The normalized spacial score (nSPS) is 25.7. The van der Waals surface area contributed by atoms with Gasteiger partial charge in [-0.15, -0.1) is 0 Å². The third kappa shape index (κ3) is 4.51. The Morgan fingerprint density at radius 3 is 2.36 bits per heavy atom. The predicted octanol–water partition coefficient (Wildman–Crippen LogP) is 3.15. The first kappa shape index (κ1) is 24.5. The third-order valence-electron chi connectivity index (χ3n) is 8.67. The largest absolute Gasteiger partial charge is 0.342 e. The molecule has 3 fully saturated rings. The summed E-state index contributed by atoms with van der Waals surface area (Å²) in [6, 6.07) is 14.5. The highest BCUT2D eigenvalue weighted by Gasteiger charge is 2.44. The van der Waals surface area contributed by atoms with E-state index >= 15 is 0 Å². The molecule has 0 radical (unpaired) electrons. The Bertz CT molecular complexity index is 1170. The van der Waals surface area contributed by atoms with Gasteiger partial charge in [-0.25, -0.2) is 4.98 Å². The number of carbonyl (C=O) groups is 2. The first-order chi connectivity index (χ1) is 17.3. The Balaban J connectivity index is 1.22. The number of carbonyl (C=O) groups excluding carboxylic acids is 2. The number of aryl methyl sites for hydroxylation is 2. The number of hydrogen-bond donors (Lipinski definition) is 0. The fraction of sp³-hybridized carbons (Fsp3) is 0.517. The quantitative estimate of drug-likeness (QED) is 0.650. The average Bonchev–Trinajstić information content (AvgIpc) is 3.57. The van der Waals surface area contributed by atoms with Crippen molar-refractivity contribution >= 4 is 11.8 Å². The maximum Gasteiger partial charge on any atom is 0.255 e. The van der Waals surface area contributed by atoms with Crippen molar-refractivity contribution in [3.05, 3.63) is 64.5 Å². The number of pyridine rings is 1. The fourth-order valence-corrected chi connectivity index (χ4v) is 6.70. The van der Waals surface area contributed by atoms with Crippen LogP contribution in [0.3, 0.4) is 0 Å². The van der Waals surface area contributed by atoms with Crippen molar-refractivity contribution in [3.8, 4) is 6.07 Å². The second-order valence-corrected chi connectivity index (χ2v) is 11.0. The van der Waals surface area contributed by atoms with Gasteiger partial charge < -0.3 is 14.7 Å². The van der Waals surface area contributed by atoms with Crippen LogP contribution in [-0.2, 0) is 10.2 Å². The molecule has 7 heteroatoms. The van der Waals surface area contributed by atoms with Crippen LogP contribution in [0.4, 0.5) is 0 Å². The lowest BCUT2D eigenvalue weighted by molar-refractivity contribution is -0.128. The van der Waals surface area contributed by atoms with Crippen LogP contribution >= 0.6 is 0 Å². The van der Waals surface area contributed by atoms with Gasteiger partial charge in [0.1, 0.15) is 11.8 Å². The van der Waals surface area contributed by atoms with Gasteiger partial charge in [0.05, 0.1) is 11.3 Å². The molecule has 36 heavy (non-hydrogen) atoms. The maximum atomic E-state index is 13.3. The molecular formula is C29H35N5O2. The standard InChI is InChI=1S/C29H35N5O2/c1-20-13-26(14-30)31-21(2)27(20)28(36)34-17-23-15-32(16-24(23)18-34)11-9-29(25-7-5-4-6-8-25)10-12-33(19-29)22(3)35/h4-8,13,23-24H,9-12,15-19H2,1-3H3. The van der Waals surface area contributed by atoms with Crippen molar-refractivity contribution < 1.29 is 9.59 Å². The van der Waals surface area contributed by atoms with Gasteiger partial charge >= 0.3 is 0 Å². The van der Waals surface area contributed by atoms with Crippen LogP contribution in [0, 0.1) is 37.0 Å². The minimum absolute atomic E-state index is 0.0181. The molecule has 1 aromatic heterocycles. The second-order valence-electron chi connectivity index (χ2n) is 11.0. The van der Waals surface area contributed by atoms with Gasteiger partial charge in [0, 0.05) is 51.6 Å². The summed E-state index contributed by atoms with van der Waals surface area (Å²) < 4.78 is 0. The molecule has 1 aromatic carbocycles. The van der Waals surface area contributed by atoms with Crippen LogP contribution in [-0.4, -0.2) is 77.3 Å². The second kappa shape index (κ2) is 9.67. The molecule has 4 heterocycles. The molecule has 3 atom stereocenters. The van der Waals surface area contributed by atoms with Gasteiger partial charge in [-0.05, 0) is 62.3 Å². The molecule has 0 saturated carbocycles. The van der Waals surface area contributed by atoms with Crippen molar-refractivity contribution in [2.75, 3.05) is 45.8 Å². The number of hydrogen-bond acceptors (Lipinski definition) is 5. The Morgan fingerprint density at radius 2 is 1.78 bits per heavy atom. The summed E-state index contributed by atoms with van der Waals surface area (Å²) in [6.07, 6.45) is 2.05. The number of amides is 2. The number of rotatable bonds is 5. The molecule has 3 aliphatic rings. The zero-order valence-corrected chi connectivity index (χ0v) is 21.5. The zero-order valence-electron chi connectivity index (χ0n) is 21.5. The molecule has 0 bridgehead atoms. The highest BCUT2D eigenvalue weighted by Crippen LogP contribution is 2.39. The van der Waals surface area contributed by atoms with E-state index in [1.54, 1.807) is 13.0 Å². The van der Waals surface area contributed by atoms with Crippen LogP contribution in [0.1, 0.15) is 52.6 Å². The zero-order chi connectivity index (χ0) is 25.4. The number of nitriles is 1. The minimum atomic E-state index is 0.0181. The fourth-order valence-electron chi connectivity index (χ4n) is 6.70. The molecule has 3 unspecified atom stereocenters. The lowest BCUT2D eigenvalue weighted by atomic mass is 9.76. The summed E-state index contributed by atoms with van der Waals surface area (Å²) in [5.74, 6) is 1.19. The maximum absolute atomic E-state index is 13.3.